The van der Waals surface area contributed by atoms with Gasteiger partial charge < -0.3 is 5.11 Å². The lowest BCUT2D eigenvalue weighted by molar-refractivity contribution is 0.150. The summed E-state index contributed by atoms with van der Waals surface area (Å²) in [7, 11) is 0. The van der Waals surface area contributed by atoms with Gasteiger partial charge in [0.25, 0.3) is 6.43 Å². The van der Waals surface area contributed by atoms with Crippen molar-refractivity contribution in [2.75, 3.05) is 0 Å². The van der Waals surface area contributed by atoms with Crippen molar-refractivity contribution in [1.82, 2.24) is 0 Å². The Morgan fingerprint density at radius 2 is 2.00 bits per heavy atom. The average Bonchev–Trinajstić information content (AvgIpc) is 2.18. The van der Waals surface area contributed by atoms with E-state index in [4.69, 9.17) is 0 Å². The number of hydrogen-bond acceptors (Lipinski definition) is 1. The second-order valence-electron chi connectivity index (χ2n) is 3.01. The molecule has 0 aliphatic rings. The Bertz CT molecular complexity index is 310. The van der Waals surface area contributed by atoms with Gasteiger partial charge in [0.15, 0.2) is 0 Å². The van der Waals surface area contributed by atoms with Gasteiger partial charge in [0.2, 0.25) is 0 Å². The van der Waals surface area contributed by atoms with E-state index in [1.807, 2.05) is 0 Å². The zero-order chi connectivity index (χ0) is 10.6. The first-order chi connectivity index (χ1) is 6.65. The van der Waals surface area contributed by atoms with Crippen LogP contribution in [-0.2, 0) is 0 Å². The molecule has 0 aliphatic carbocycles. The van der Waals surface area contributed by atoms with Crippen LogP contribution in [0.2, 0.25) is 0 Å². The van der Waals surface area contributed by atoms with Crippen molar-refractivity contribution in [2.24, 2.45) is 0 Å². The van der Waals surface area contributed by atoms with Gasteiger partial charge in [-0.15, -0.1) is 6.58 Å². The van der Waals surface area contributed by atoms with Crippen molar-refractivity contribution in [3.05, 3.63) is 48.0 Å². The predicted molar refractivity (Wildman–Crippen MR) is 51.2 cm³/mol. The van der Waals surface area contributed by atoms with E-state index in [1.165, 1.54) is 18.2 Å². The normalized spacial score (nSPS) is 12.9. The maximum atomic E-state index is 12.3. The predicted octanol–water partition coefficient (Wildman–Crippen LogP) is 3.23. The summed E-state index contributed by atoms with van der Waals surface area (Å²) in [5.74, 6) is 0. The number of alkyl halides is 2. The van der Waals surface area contributed by atoms with Gasteiger partial charge in [0.1, 0.15) is 0 Å². The number of halogens is 2. The van der Waals surface area contributed by atoms with Gasteiger partial charge in [-0.2, -0.15) is 0 Å². The summed E-state index contributed by atoms with van der Waals surface area (Å²) in [4.78, 5) is 0. The fraction of sp³-hybridized carbons (Fsp3) is 0.273. The van der Waals surface area contributed by atoms with E-state index in [9.17, 15) is 13.9 Å². The molecule has 0 spiro atoms. The van der Waals surface area contributed by atoms with E-state index in [0.717, 1.165) is 0 Å². The molecule has 0 saturated heterocycles. The third kappa shape index (κ3) is 2.64. The van der Waals surface area contributed by atoms with Gasteiger partial charge >= 0.3 is 0 Å². The van der Waals surface area contributed by atoms with Gasteiger partial charge in [-0.25, -0.2) is 8.78 Å². The van der Waals surface area contributed by atoms with E-state index in [-0.39, 0.29) is 5.56 Å². The van der Waals surface area contributed by atoms with Gasteiger partial charge in [0, 0.05) is 5.56 Å². The third-order valence-corrected chi connectivity index (χ3v) is 1.94. The zero-order valence-corrected chi connectivity index (χ0v) is 7.66. The fourth-order valence-electron chi connectivity index (χ4n) is 1.20. The first kappa shape index (κ1) is 10.9. The minimum Gasteiger partial charge on any atom is -0.388 e. The molecular weight excluding hydrogens is 186 g/mol. The van der Waals surface area contributed by atoms with Crippen molar-refractivity contribution in [1.29, 1.82) is 0 Å². The number of aliphatic hydroxyl groups is 1. The molecule has 1 nitrogen and oxygen atoms in total. The quantitative estimate of drug-likeness (QED) is 0.736. The molecule has 1 aromatic carbocycles. The molecule has 1 atom stereocenters. The molecule has 0 aliphatic heterocycles. The summed E-state index contributed by atoms with van der Waals surface area (Å²) in [6.45, 7) is 3.48. The Morgan fingerprint density at radius 3 is 2.57 bits per heavy atom. The number of rotatable bonds is 4. The Labute approximate surface area is 81.7 Å². The van der Waals surface area contributed by atoms with Crippen molar-refractivity contribution >= 4 is 0 Å². The maximum absolute atomic E-state index is 12.3. The first-order valence-electron chi connectivity index (χ1n) is 4.32. The Hall–Kier alpha value is -1.22. The highest BCUT2D eigenvalue weighted by molar-refractivity contribution is 5.26. The topological polar surface area (TPSA) is 20.2 Å². The summed E-state index contributed by atoms with van der Waals surface area (Å²) in [5.41, 5.74) is 0.438. The van der Waals surface area contributed by atoms with Crippen LogP contribution in [0, 0.1) is 0 Å². The van der Waals surface area contributed by atoms with E-state index in [0.29, 0.717) is 12.0 Å². The highest BCUT2D eigenvalue weighted by Crippen LogP contribution is 2.23. The molecule has 3 heteroatoms. The van der Waals surface area contributed by atoms with Crippen molar-refractivity contribution in [3.8, 4) is 0 Å². The Morgan fingerprint density at radius 1 is 1.36 bits per heavy atom. The number of benzene rings is 1. The lowest BCUT2D eigenvalue weighted by Gasteiger charge is -2.09. The standard InChI is InChI=1S/C11H12F2O/c1-2-4-10(14)8-5-3-6-9(7-8)11(12)13/h2-3,5-7,10-11,14H,1,4H2. The lowest BCUT2D eigenvalue weighted by atomic mass is 10.0. The number of hydrogen-bond donors (Lipinski definition) is 1. The van der Waals surface area contributed by atoms with E-state index >= 15 is 0 Å². The van der Waals surface area contributed by atoms with Crippen LogP contribution in [-0.4, -0.2) is 5.11 Å². The molecule has 76 valence electrons. The van der Waals surface area contributed by atoms with Crippen LogP contribution >= 0.6 is 0 Å². The molecule has 0 aromatic heterocycles. The van der Waals surface area contributed by atoms with Crippen LogP contribution in [0.15, 0.2) is 36.9 Å². The van der Waals surface area contributed by atoms with Gasteiger partial charge in [-0.3, -0.25) is 0 Å². The highest BCUT2D eigenvalue weighted by Gasteiger charge is 2.10. The molecule has 1 unspecified atom stereocenters. The van der Waals surface area contributed by atoms with Crippen LogP contribution in [0.25, 0.3) is 0 Å². The van der Waals surface area contributed by atoms with Crippen LogP contribution in [0.1, 0.15) is 30.1 Å². The SMILES string of the molecule is C=CCC(O)c1cccc(C(F)F)c1. The van der Waals surface area contributed by atoms with Gasteiger partial charge in [0.05, 0.1) is 6.10 Å². The van der Waals surface area contributed by atoms with Crippen LogP contribution in [0.4, 0.5) is 8.78 Å². The molecule has 0 fully saturated rings. The molecule has 14 heavy (non-hydrogen) atoms. The third-order valence-electron chi connectivity index (χ3n) is 1.94. The van der Waals surface area contributed by atoms with Crippen molar-refractivity contribution in [3.63, 3.8) is 0 Å². The zero-order valence-electron chi connectivity index (χ0n) is 7.66. The monoisotopic (exact) mass is 198 g/mol. The minimum atomic E-state index is -2.49. The Kier molecular flexibility index (Phi) is 3.77. The first-order valence-corrected chi connectivity index (χ1v) is 4.32. The van der Waals surface area contributed by atoms with E-state index in [2.05, 4.69) is 6.58 Å². The highest BCUT2D eigenvalue weighted by atomic mass is 19.3. The molecule has 0 heterocycles. The molecule has 0 bridgehead atoms. The second kappa shape index (κ2) is 4.86. The van der Waals surface area contributed by atoms with Gasteiger partial charge in [-0.1, -0.05) is 24.3 Å². The van der Waals surface area contributed by atoms with Crippen LogP contribution in [0.5, 0.6) is 0 Å². The largest absolute Gasteiger partial charge is 0.388 e. The fourth-order valence-corrected chi connectivity index (χ4v) is 1.20. The lowest BCUT2D eigenvalue weighted by Crippen LogP contribution is -1.96. The van der Waals surface area contributed by atoms with E-state index in [1.54, 1.807) is 12.1 Å². The minimum absolute atomic E-state index is 0.0642. The molecule has 0 saturated carbocycles. The molecule has 0 radical (unpaired) electrons. The summed E-state index contributed by atoms with van der Waals surface area (Å²) in [6, 6.07) is 5.80. The van der Waals surface area contributed by atoms with Gasteiger partial charge in [-0.05, 0) is 18.1 Å². The maximum Gasteiger partial charge on any atom is 0.263 e. The number of aliphatic hydroxyl groups excluding tert-OH is 1. The Balaban J connectivity index is 2.87. The summed E-state index contributed by atoms with van der Waals surface area (Å²) < 4.78 is 24.6. The molecule has 0 amide bonds. The summed E-state index contributed by atoms with van der Waals surface area (Å²) in [5, 5.41) is 9.51. The second-order valence-corrected chi connectivity index (χ2v) is 3.01. The van der Waals surface area contributed by atoms with Crippen LogP contribution < -0.4 is 0 Å². The van der Waals surface area contributed by atoms with Crippen LogP contribution in [0.3, 0.4) is 0 Å². The summed E-state index contributed by atoms with van der Waals surface area (Å²) in [6.07, 6.45) is -1.32. The average molecular weight is 198 g/mol. The summed E-state index contributed by atoms with van der Waals surface area (Å²) >= 11 is 0. The molecule has 1 rings (SSSR count). The van der Waals surface area contributed by atoms with E-state index < -0.39 is 12.5 Å². The molecule has 1 N–H and O–H groups in total. The smallest absolute Gasteiger partial charge is 0.263 e. The molecule has 1 aromatic rings. The molecular formula is C11H12F2O. The van der Waals surface area contributed by atoms with Crippen molar-refractivity contribution < 1.29 is 13.9 Å². The van der Waals surface area contributed by atoms with Crippen molar-refractivity contribution in [2.45, 2.75) is 19.0 Å².